The molecule has 0 aliphatic rings. The Bertz CT molecular complexity index is 852. The van der Waals surface area contributed by atoms with Gasteiger partial charge in [0.15, 0.2) is 0 Å². The number of H-pyrrole nitrogens is 1. The summed E-state index contributed by atoms with van der Waals surface area (Å²) in [6.07, 6.45) is 3.26. The molecule has 0 saturated carbocycles. The summed E-state index contributed by atoms with van der Waals surface area (Å²) in [6.45, 7) is 0. The number of methoxy groups -OCH3 is 1. The Labute approximate surface area is 137 Å². The third-order valence-electron chi connectivity index (χ3n) is 3.46. The Morgan fingerprint density at radius 1 is 1.25 bits per heavy atom. The fourth-order valence-corrected chi connectivity index (χ4v) is 2.30. The second kappa shape index (κ2) is 6.91. The Morgan fingerprint density at radius 3 is 2.88 bits per heavy atom. The van der Waals surface area contributed by atoms with Gasteiger partial charge in [-0.2, -0.15) is 0 Å². The Balaban J connectivity index is 1.65. The summed E-state index contributed by atoms with van der Waals surface area (Å²) in [6, 6.07) is 9.41. The van der Waals surface area contributed by atoms with Gasteiger partial charge in [0.05, 0.1) is 13.4 Å². The third kappa shape index (κ3) is 3.57. The number of aromatic amines is 1. The van der Waals surface area contributed by atoms with Gasteiger partial charge in [-0.05, 0) is 29.3 Å². The Hall–Kier alpha value is -3.22. The van der Waals surface area contributed by atoms with E-state index in [-0.39, 0.29) is 12.2 Å². The Morgan fingerprint density at radius 2 is 2.12 bits per heavy atom. The maximum Gasteiger partial charge on any atom is 0.267 e. The van der Waals surface area contributed by atoms with E-state index in [4.69, 9.17) is 9.15 Å². The van der Waals surface area contributed by atoms with Gasteiger partial charge in [-0.1, -0.05) is 12.1 Å². The number of hydrogen-bond donors (Lipinski definition) is 1. The minimum absolute atomic E-state index is 0.0466. The number of carbonyl (C=O) groups is 2. The summed E-state index contributed by atoms with van der Waals surface area (Å²) in [5.41, 5.74) is 1.67. The second-order valence-corrected chi connectivity index (χ2v) is 5.20. The largest absolute Gasteiger partial charge is 0.497 e. The molecule has 2 heterocycles. The first kappa shape index (κ1) is 15.7. The number of benzene rings is 1. The first-order valence-electron chi connectivity index (χ1n) is 7.28. The molecule has 0 bridgehead atoms. The van der Waals surface area contributed by atoms with Gasteiger partial charge in [-0.15, -0.1) is 5.10 Å². The summed E-state index contributed by atoms with van der Waals surface area (Å²) in [5.74, 6) is 0.0539. The van der Waals surface area contributed by atoms with E-state index in [0.29, 0.717) is 17.7 Å². The third-order valence-corrected chi connectivity index (χ3v) is 3.46. The zero-order valence-corrected chi connectivity index (χ0v) is 13.0. The van der Waals surface area contributed by atoms with Crippen molar-refractivity contribution in [2.45, 2.75) is 12.8 Å². The van der Waals surface area contributed by atoms with Gasteiger partial charge in [0, 0.05) is 12.8 Å². The smallest absolute Gasteiger partial charge is 0.267 e. The number of ether oxygens (including phenoxy) is 1. The maximum atomic E-state index is 12.0. The molecule has 0 aliphatic carbocycles. The van der Waals surface area contributed by atoms with Gasteiger partial charge in [0.1, 0.15) is 17.8 Å². The number of nitrogens with one attached hydrogen (secondary N) is 1. The van der Waals surface area contributed by atoms with Gasteiger partial charge in [0.2, 0.25) is 11.6 Å². The zero-order chi connectivity index (χ0) is 16.9. The number of carbonyl (C=O) groups excluding carboxylic acids is 2. The van der Waals surface area contributed by atoms with E-state index in [2.05, 4.69) is 15.2 Å². The average molecular weight is 325 g/mol. The zero-order valence-electron chi connectivity index (χ0n) is 13.0. The molecule has 7 heteroatoms. The van der Waals surface area contributed by atoms with E-state index in [9.17, 15) is 9.59 Å². The number of Topliss-reactive ketones (excluding diaryl/α,β-unsaturated/α-hetero) is 2. The highest BCUT2D eigenvalue weighted by Gasteiger charge is 2.20. The number of furan rings is 1. The lowest BCUT2D eigenvalue weighted by atomic mass is 10.1. The first-order valence-corrected chi connectivity index (χ1v) is 7.28. The summed E-state index contributed by atoms with van der Waals surface area (Å²) in [7, 11) is 1.61. The minimum atomic E-state index is -0.716. The van der Waals surface area contributed by atoms with E-state index >= 15 is 0 Å². The van der Waals surface area contributed by atoms with Crippen LogP contribution in [0.2, 0.25) is 0 Å². The average Bonchev–Trinajstić information content (AvgIpc) is 3.26. The molecular formula is C17H15N3O4. The van der Waals surface area contributed by atoms with Gasteiger partial charge in [-0.25, -0.2) is 4.98 Å². The summed E-state index contributed by atoms with van der Waals surface area (Å²) < 4.78 is 10.7. The molecule has 0 amide bonds. The quantitative estimate of drug-likeness (QED) is 0.527. The topological polar surface area (TPSA) is 98.1 Å². The number of aromatic nitrogens is 3. The fourth-order valence-electron chi connectivity index (χ4n) is 2.30. The highest BCUT2D eigenvalue weighted by Crippen LogP contribution is 2.18. The standard InChI is InChI=1S/C17H15N3O4/c1-23-13-4-2-3-11(5-13)6-14-7-12(9-24-14)8-15(21)16(22)17-18-10-19-20-17/h2-5,7,9-10H,6,8H2,1H3,(H,18,19,20). The normalized spacial score (nSPS) is 10.5. The van der Waals surface area contributed by atoms with Crippen molar-refractivity contribution in [1.82, 2.24) is 15.2 Å². The minimum Gasteiger partial charge on any atom is -0.497 e. The maximum absolute atomic E-state index is 12.0. The van der Waals surface area contributed by atoms with Crippen molar-refractivity contribution in [3.8, 4) is 5.75 Å². The van der Waals surface area contributed by atoms with E-state index in [1.54, 1.807) is 13.2 Å². The molecular weight excluding hydrogens is 310 g/mol. The molecule has 0 aliphatic heterocycles. The van der Waals surface area contributed by atoms with Crippen LogP contribution in [0, 0.1) is 0 Å². The molecule has 0 fully saturated rings. The van der Waals surface area contributed by atoms with E-state index < -0.39 is 11.6 Å². The van der Waals surface area contributed by atoms with Crippen molar-refractivity contribution in [3.05, 3.63) is 65.6 Å². The highest BCUT2D eigenvalue weighted by molar-refractivity contribution is 6.43. The van der Waals surface area contributed by atoms with Crippen LogP contribution in [0.4, 0.5) is 0 Å². The first-order chi connectivity index (χ1) is 11.7. The van der Waals surface area contributed by atoms with Crippen molar-refractivity contribution < 1.29 is 18.7 Å². The molecule has 122 valence electrons. The summed E-state index contributed by atoms with van der Waals surface area (Å²) in [5, 5.41) is 6.02. The van der Waals surface area contributed by atoms with Crippen LogP contribution >= 0.6 is 0 Å². The van der Waals surface area contributed by atoms with Crippen LogP contribution in [0.1, 0.15) is 27.5 Å². The molecule has 3 rings (SSSR count). The molecule has 0 unspecified atom stereocenters. The molecule has 3 aromatic rings. The molecule has 0 atom stereocenters. The monoisotopic (exact) mass is 325 g/mol. The molecule has 1 N–H and O–H groups in total. The van der Waals surface area contributed by atoms with Crippen LogP contribution in [-0.4, -0.2) is 33.9 Å². The van der Waals surface area contributed by atoms with Crippen LogP contribution in [0.25, 0.3) is 0 Å². The number of hydrogen-bond acceptors (Lipinski definition) is 6. The molecule has 1 aromatic carbocycles. The fraction of sp³-hybridized carbons (Fsp3) is 0.176. The number of ketones is 2. The van der Waals surface area contributed by atoms with Crippen molar-refractivity contribution in [1.29, 1.82) is 0 Å². The molecule has 7 nitrogen and oxygen atoms in total. The summed E-state index contributed by atoms with van der Waals surface area (Å²) in [4.78, 5) is 27.5. The number of nitrogens with zero attached hydrogens (tertiary/aromatic N) is 2. The SMILES string of the molecule is COc1cccc(Cc2cc(CC(=O)C(=O)c3nc[nH]n3)co2)c1. The van der Waals surface area contributed by atoms with Crippen LogP contribution in [0.5, 0.6) is 5.75 Å². The van der Waals surface area contributed by atoms with E-state index in [0.717, 1.165) is 11.3 Å². The van der Waals surface area contributed by atoms with Gasteiger partial charge in [0.25, 0.3) is 5.78 Å². The van der Waals surface area contributed by atoms with Gasteiger partial charge < -0.3 is 9.15 Å². The van der Waals surface area contributed by atoms with Crippen LogP contribution in [0.15, 0.2) is 47.3 Å². The lowest BCUT2D eigenvalue weighted by Crippen LogP contribution is -2.17. The Kier molecular flexibility index (Phi) is 4.51. The van der Waals surface area contributed by atoms with Gasteiger partial charge >= 0.3 is 0 Å². The van der Waals surface area contributed by atoms with E-state index in [1.807, 2.05) is 24.3 Å². The van der Waals surface area contributed by atoms with Gasteiger partial charge in [-0.3, -0.25) is 14.7 Å². The lowest BCUT2D eigenvalue weighted by molar-refractivity contribution is -0.114. The van der Waals surface area contributed by atoms with Crippen molar-refractivity contribution >= 4 is 11.6 Å². The van der Waals surface area contributed by atoms with Crippen molar-refractivity contribution in [2.75, 3.05) is 7.11 Å². The highest BCUT2D eigenvalue weighted by atomic mass is 16.5. The molecule has 0 radical (unpaired) electrons. The van der Waals surface area contributed by atoms with Crippen molar-refractivity contribution in [3.63, 3.8) is 0 Å². The predicted octanol–water partition coefficient (Wildman–Crippen LogP) is 1.99. The van der Waals surface area contributed by atoms with Crippen molar-refractivity contribution in [2.24, 2.45) is 0 Å². The van der Waals surface area contributed by atoms with Crippen LogP contribution in [-0.2, 0) is 17.6 Å². The number of rotatable bonds is 7. The molecule has 0 spiro atoms. The van der Waals surface area contributed by atoms with E-state index in [1.165, 1.54) is 12.6 Å². The van der Waals surface area contributed by atoms with Crippen LogP contribution < -0.4 is 4.74 Å². The molecule has 2 aromatic heterocycles. The second-order valence-electron chi connectivity index (χ2n) is 5.20. The summed E-state index contributed by atoms with van der Waals surface area (Å²) >= 11 is 0. The predicted molar refractivity (Wildman–Crippen MR) is 83.9 cm³/mol. The molecule has 24 heavy (non-hydrogen) atoms. The van der Waals surface area contributed by atoms with Crippen LogP contribution in [0.3, 0.4) is 0 Å². The molecule has 0 saturated heterocycles. The lowest BCUT2D eigenvalue weighted by Gasteiger charge is -2.02.